The van der Waals surface area contributed by atoms with E-state index in [0.717, 1.165) is 5.56 Å². The number of halogens is 1. The molecule has 1 rings (SSSR count). The van der Waals surface area contributed by atoms with Crippen molar-refractivity contribution in [3.8, 4) is 0 Å². The zero-order valence-electron chi connectivity index (χ0n) is 11.1. The molecule has 100 valence electrons. The molecule has 1 aromatic rings. The third-order valence-electron chi connectivity index (χ3n) is 2.78. The Morgan fingerprint density at radius 1 is 1.44 bits per heavy atom. The number of aliphatic carboxylic acids is 1. The van der Waals surface area contributed by atoms with E-state index < -0.39 is 5.97 Å². The summed E-state index contributed by atoms with van der Waals surface area (Å²) in [5, 5.41) is 12.0. The maximum Gasteiger partial charge on any atom is 0.303 e. The number of aryl methyl sites for hydroxylation is 1. The minimum absolute atomic E-state index is 0.127. The van der Waals surface area contributed by atoms with E-state index in [0.29, 0.717) is 18.7 Å². The van der Waals surface area contributed by atoms with Gasteiger partial charge in [-0.05, 0) is 29.5 Å². The summed E-state index contributed by atoms with van der Waals surface area (Å²) >= 11 is 0. The van der Waals surface area contributed by atoms with Crippen molar-refractivity contribution in [2.45, 2.75) is 33.7 Å². The molecule has 0 heterocycles. The van der Waals surface area contributed by atoms with Gasteiger partial charge in [-0.25, -0.2) is 4.39 Å². The molecule has 0 unspecified atom stereocenters. The van der Waals surface area contributed by atoms with E-state index in [1.807, 2.05) is 13.8 Å². The van der Waals surface area contributed by atoms with Gasteiger partial charge in [0.05, 0.1) is 6.42 Å². The van der Waals surface area contributed by atoms with E-state index in [2.05, 4.69) is 5.32 Å². The van der Waals surface area contributed by atoms with Crippen molar-refractivity contribution in [3.05, 3.63) is 35.1 Å². The number of hydrogen-bond acceptors (Lipinski definition) is 2. The van der Waals surface area contributed by atoms with Crippen LogP contribution in [0.2, 0.25) is 0 Å². The molecule has 0 aromatic heterocycles. The molecule has 0 atom stereocenters. The molecule has 0 spiro atoms. The Hall–Kier alpha value is -1.42. The Bertz CT molecular complexity index is 430. The maximum atomic E-state index is 13.1. The summed E-state index contributed by atoms with van der Waals surface area (Å²) in [6.45, 7) is 6.77. The fraction of sp³-hybridized carbons (Fsp3) is 0.500. The van der Waals surface area contributed by atoms with Crippen molar-refractivity contribution in [2.75, 3.05) is 6.54 Å². The van der Waals surface area contributed by atoms with Crippen LogP contribution in [0, 0.1) is 18.2 Å². The van der Waals surface area contributed by atoms with Crippen LogP contribution in [0.5, 0.6) is 0 Å². The number of carboxylic acid groups (broad SMARTS) is 1. The highest BCUT2D eigenvalue weighted by molar-refractivity contribution is 5.67. The first-order valence-electron chi connectivity index (χ1n) is 5.98. The van der Waals surface area contributed by atoms with Gasteiger partial charge in [-0.2, -0.15) is 0 Å². The van der Waals surface area contributed by atoms with E-state index >= 15 is 0 Å². The maximum absolute atomic E-state index is 13.1. The Kier molecular flexibility index (Phi) is 4.84. The van der Waals surface area contributed by atoms with Crippen LogP contribution in [0.1, 0.15) is 31.4 Å². The van der Waals surface area contributed by atoms with Crippen molar-refractivity contribution in [2.24, 2.45) is 5.41 Å². The average molecular weight is 253 g/mol. The van der Waals surface area contributed by atoms with E-state index in [4.69, 9.17) is 5.11 Å². The summed E-state index contributed by atoms with van der Waals surface area (Å²) < 4.78 is 13.1. The molecule has 0 saturated carbocycles. The molecule has 0 bridgehead atoms. The topological polar surface area (TPSA) is 49.3 Å². The van der Waals surface area contributed by atoms with Crippen molar-refractivity contribution >= 4 is 5.97 Å². The van der Waals surface area contributed by atoms with Crippen LogP contribution >= 0.6 is 0 Å². The fourth-order valence-electron chi connectivity index (χ4n) is 1.83. The van der Waals surface area contributed by atoms with Crippen LogP contribution in [0.3, 0.4) is 0 Å². The minimum atomic E-state index is -0.792. The number of benzene rings is 1. The van der Waals surface area contributed by atoms with Gasteiger partial charge in [0.25, 0.3) is 0 Å². The van der Waals surface area contributed by atoms with Gasteiger partial charge in [0.1, 0.15) is 5.82 Å². The molecule has 18 heavy (non-hydrogen) atoms. The summed E-state index contributed by atoms with van der Waals surface area (Å²) in [4.78, 5) is 10.7. The second-order valence-electron chi connectivity index (χ2n) is 5.42. The molecule has 3 nitrogen and oxygen atoms in total. The molecule has 0 fully saturated rings. The van der Waals surface area contributed by atoms with Gasteiger partial charge < -0.3 is 10.4 Å². The Labute approximate surface area is 107 Å². The lowest BCUT2D eigenvalue weighted by Crippen LogP contribution is -2.31. The minimum Gasteiger partial charge on any atom is -0.481 e. The molecular weight excluding hydrogens is 233 g/mol. The predicted octanol–water partition coefficient (Wildman–Crippen LogP) is 2.72. The fourth-order valence-corrected chi connectivity index (χ4v) is 1.83. The number of nitrogens with one attached hydrogen (secondary N) is 1. The van der Waals surface area contributed by atoms with Crippen LogP contribution in [0.4, 0.5) is 4.39 Å². The number of carboxylic acids is 1. The molecule has 0 radical (unpaired) electrons. The monoisotopic (exact) mass is 253 g/mol. The van der Waals surface area contributed by atoms with Crippen LogP contribution in [-0.2, 0) is 11.3 Å². The van der Waals surface area contributed by atoms with Crippen molar-refractivity contribution < 1.29 is 14.3 Å². The van der Waals surface area contributed by atoms with Gasteiger partial charge in [-0.1, -0.05) is 26.0 Å². The normalized spacial score (nSPS) is 11.6. The quantitative estimate of drug-likeness (QED) is 0.819. The second kappa shape index (κ2) is 5.96. The lowest BCUT2D eigenvalue weighted by Gasteiger charge is -2.22. The van der Waals surface area contributed by atoms with Crippen molar-refractivity contribution in [3.63, 3.8) is 0 Å². The standard InChI is InChI=1S/C14H20FNO2/c1-10-6-11(4-5-12(10)15)8-16-9-14(2,3)7-13(17)18/h4-6,16H,7-9H2,1-3H3,(H,17,18). The highest BCUT2D eigenvalue weighted by atomic mass is 19.1. The molecule has 2 N–H and O–H groups in total. The third kappa shape index (κ3) is 4.84. The van der Waals surface area contributed by atoms with Crippen LogP contribution < -0.4 is 5.32 Å². The van der Waals surface area contributed by atoms with E-state index in [1.165, 1.54) is 6.07 Å². The molecule has 0 saturated heterocycles. The SMILES string of the molecule is Cc1cc(CNCC(C)(C)CC(=O)O)ccc1F. The molecule has 1 aromatic carbocycles. The second-order valence-corrected chi connectivity index (χ2v) is 5.42. The first kappa shape index (κ1) is 14.6. The highest BCUT2D eigenvalue weighted by Crippen LogP contribution is 2.19. The Morgan fingerprint density at radius 2 is 2.11 bits per heavy atom. The van der Waals surface area contributed by atoms with Crippen LogP contribution in [-0.4, -0.2) is 17.6 Å². The molecule has 0 aliphatic carbocycles. The van der Waals surface area contributed by atoms with Gasteiger partial charge in [-0.15, -0.1) is 0 Å². The largest absolute Gasteiger partial charge is 0.481 e. The number of hydrogen-bond donors (Lipinski definition) is 2. The average Bonchev–Trinajstić information content (AvgIpc) is 2.21. The highest BCUT2D eigenvalue weighted by Gasteiger charge is 2.21. The van der Waals surface area contributed by atoms with Crippen molar-refractivity contribution in [1.29, 1.82) is 0 Å². The third-order valence-corrected chi connectivity index (χ3v) is 2.78. The molecule has 4 heteroatoms. The van der Waals surface area contributed by atoms with Crippen LogP contribution in [0.25, 0.3) is 0 Å². The first-order chi connectivity index (χ1) is 8.30. The smallest absolute Gasteiger partial charge is 0.303 e. The lowest BCUT2D eigenvalue weighted by atomic mass is 9.89. The number of rotatable bonds is 6. The molecule has 0 aliphatic heterocycles. The van der Waals surface area contributed by atoms with Gasteiger partial charge in [0.2, 0.25) is 0 Å². The first-order valence-corrected chi connectivity index (χ1v) is 5.98. The predicted molar refractivity (Wildman–Crippen MR) is 68.9 cm³/mol. The van der Waals surface area contributed by atoms with Crippen LogP contribution in [0.15, 0.2) is 18.2 Å². The van der Waals surface area contributed by atoms with E-state index in [-0.39, 0.29) is 17.7 Å². The lowest BCUT2D eigenvalue weighted by molar-refractivity contribution is -0.139. The summed E-state index contributed by atoms with van der Waals surface area (Å²) in [6.07, 6.45) is 0.127. The zero-order chi connectivity index (χ0) is 13.8. The van der Waals surface area contributed by atoms with E-state index in [1.54, 1.807) is 19.1 Å². The van der Waals surface area contributed by atoms with Crippen molar-refractivity contribution in [1.82, 2.24) is 5.32 Å². The molecular formula is C14H20FNO2. The summed E-state index contributed by atoms with van der Waals surface area (Å²) in [5.74, 6) is -0.996. The van der Waals surface area contributed by atoms with E-state index in [9.17, 15) is 9.18 Å². The van der Waals surface area contributed by atoms with Gasteiger partial charge in [-0.3, -0.25) is 4.79 Å². The Balaban J connectivity index is 2.46. The molecule has 0 aliphatic rings. The molecule has 0 amide bonds. The zero-order valence-corrected chi connectivity index (χ0v) is 11.1. The number of carbonyl (C=O) groups is 1. The van der Waals surface area contributed by atoms with Gasteiger partial charge in [0, 0.05) is 13.1 Å². The van der Waals surface area contributed by atoms with Gasteiger partial charge >= 0.3 is 5.97 Å². The Morgan fingerprint density at radius 3 is 2.67 bits per heavy atom. The summed E-state index contributed by atoms with van der Waals surface area (Å²) in [5.41, 5.74) is 1.33. The summed E-state index contributed by atoms with van der Waals surface area (Å²) in [7, 11) is 0. The van der Waals surface area contributed by atoms with Gasteiger partial charge in [0.15, 0.2) is 0 Å². The summed E-state index contributed by atoms with van der Waals surface area (Å²) in [6, 6.07) is 4.99.